The van der Waals surface area contributed by atoms with Gasteiger partial charge in [-0.1, -0.05) is 0 Å². The van der Waals surface area contributed by atoms with Crippen LogP contribution in [0, 0.1) is 15.5 Å². The van der Waals surface area contributed by atoms with E-state index in [1.54, 1.807) is 0 Å². The largest absolute Gasteiger partial charge is 0.506 e. The molecule has 1 atom stereocenters. The molecule has 1 aromatic carbocycles. The topological polar surface area (TPSA) is 116 Å². The van der Waals surface area contributed by atoms with Crippen LogP contribution in [0.2, 0.25) is 0 Å². The number of halogens is 2. The standard InChI is InChI=1S/C12H15BrN2O5.ClH/c1-12(2,11(17)20-3)10(14)7-4-6(15(18)19)5-8(13)9(7)16;/h4-5,10,16H,14H2,1-3H3;1H/t10-;/m0./s1. The van der Waals surface area contributed by atoms with Crippen molar-refractivity contribution in [1.82, 2.24) is 0 Å². The van der Waals surface area contributed by atoms with Crippen molar-refractivity contribution in [1.29, 1.82) is 0 Å². The van der Waals surface area contributed by atoms with Gasteiger partial charge >= 0.3 is 5.97 Å². The lowest BCUT2D eigenvalue weighted by molar-refractivity contribution is -0.385. The van der Waals surface area contributed by atoms with Crippen LogP contribution in [-0.4, -0.2) is 23.1 Å². The van der Waals surface area contributed by atoms with Crippen molar-refractivity contribution in [3.05, 3.63) is 32.3 Å². The zero-order valence-corrected chi connectivity index (χ0v) is 14.0. The monoisotopic (exact) mass is 382 g/mol. The van der Waals surface area contributed by atoms with E-state index >= 15 is 0 Å². The van der Waals surface area contributed by atoms with Gasteiger partial charge in [-0.25, -0.2) is 0 Å². The van der Waals surface area contributed by atoms with E-state index in [1.165, 1.54) is 21.0 Å². The number of aromatic hydroxyl groups is 1. The number of methoxy groups -OCH3 is 1. The Bertz CT molecular complexity index is 565. The second kappa shape index (κ2) is 7.06. The number of phenols is 1. The van der Waals surface area contributed by atoms with Gasteiger partial charge in [0.25, 0.3) is 5.69 Å². The first kappa shape index (κ1) is 19.6. The Labute approximate surface area is 136 Å². The predicted molar refractivity (Wildman–Crippen MR) is 82.4 cm³/mol. The Hall–Kier alpha value is -1.38. The van der Waals surface area contributed by atoms with Crippen molar-refractivity contribution in [3.63, 3.8) is 0 Å². The summed E-state index contributed by atoms with van der Waals surface area (Å²) >= 11 is 3.03. The number of hydrogen-bond donors (Lipinski definition) is 2. The van der Waals surface area contributed by atoms with Gasteiger partial charge in [0, 0.05) is 23.7 Å². The molecule has 0 aliphatic heterocycles. The number of benzene rings is 1. The number of nitrogens with zero attached hydrogens (tertiary/aromatic N) is 1. The molecule has 0 aromatic heterocycles. The fourth-order valence-electron chi connectivity index (χ4n) is 1.73. The number of esters is 1. The van der Waals surface area contributed by atoms with Crippen LogP contribution in [0.5, 0.6) is 5.75 Å². The maximum Gasteiger partial charge on any atom is 0.313 e. The summed E-state index contributed by atoms with van der Waals surface area (Å²) in [5, 5.41) is 20.8. The van der Waals surface area contributed by atoms with E-state index in [0.717, 1.165) is 12.1 Å². The van der Waals surface area contributed by atoms with Crippen molar-refractivity contribution in [3.8, 4) is 5.75 Å². The molecule has 0 aliphatic carbocycles. The number of non-ortho nitro benzene ring substituents is 1. The second-order valence-electron chi connectivity index (χ2n) is 4.81. The first-order valence-electron chi connectivity index (χ1n) is 5.63. The molecule has 0 fully saturated rings. The SMILES string of the molecule is COC(=O)C(C)(C)[C@@H](N)c1cc([N+](=O)[O-])cc(Br)c1O.Cl. The summed E-state index contributed by atoms with van der Waals surface area (Å²) in [5.41, 5.74) is 4.70. The van der Waals surface area contributed by atoms with Gasteiger partial charge in [-0.2, -0.15) is 0 Å². The maximum absolute atomic E-state index is 11.7. The van der Waals surface area contributed by atoms with Gasteiger partial charge < -0.3 is 15.6 Å². The van der Waals surface area contributed by atoms with Crippen molar-refractivity contribution in [2.24, 2.45) is 11.1 Å². The van der Waals surface area contributed by atoms with Gasteiger partial charge in [0.2, 0.25) is 0 Å². The Morgan fingerprint density at radius 2 is 2.05 bits per heavy atom. The van der Waals surface area contributed by atoms with E-state index in [0.29, 0.717) is 0 Å². The van der Waals surface area contributed by atoms with Crippen LogP contribution in [0.25, 0.3) is 0 Å². The average molecular weight is 384 g/mol. The minimum absolute atomic E-state index is 0. The van der Waals surface area contributed by atoms with Crippen molar-refractivity contribution < 1.29 is 19.6 Å². The molecule has 0 heterocycles. The van der Waals surface area contributed by atoms with Crippen LogP contribution in [0.4, 0.5) is 5.69 Å². The Morgan fingerprint density at radius 3 is 2.48 bits per heavy atom. The number of nitro benzene ring substituents is 1. The molecule has 3 N–H and O–H groups in total. The number of ether oxygens (including phenoxy) is 1. The molecule has 7 nitrogen and oxygen atoms in total. The summed E-state index contributed by atoms with van der Waals surface area (Å²) in [4.78, 5) is 22.0. The number of phenolic OH excluding ortho intramolecular Hbond substituents is 1. The van der Waals surface area contributed by atoms with Gasteiger partial charge in [0.05, 0.1) is 21.9 Å². The van der Waals surface area contributed by atoms with Gasteiger partial charge in [0.1, 0.15) is 5.75 Å². The smallest absolute Gasteiger partial charge is 0.313 e. The molecular formula is C12H16BrClN2O5. The van der Waals surface area contributed by atoms with Crippen LogP contribution < -0.4 is 5.73 Å². The highest BCUT2D eigenvalue weighted by Crippen LogP contribution is 2.41. The van der Waals surface area contributed by atoms with Crippen molar-refractivity contribution in [2.45, 2.75) is 19.9 Å². The molecule has 1 aromatic rings. The third kappa shape index (κ3) is 3.84. The van der Waals surface area contributed by atoms with E-state index in [-0.39, 0.29) is 33.9 Å². The number of hydrogen-bond acceptors (Lipinski definition) is 6. The van der Waals surface area contributed by atoms with Gasteiger partial charge in [-0.05, 0) is 29.8 Å². The molecule has 0 spiro atoms. The Balaban J connectivity index is 0.00000400. The number of rotatable bonds is 4. The van der Waals surface area contributed by atoms with Crippen molar-refractivity contribution >= 4 is 40.0 Å². The molecule has 1 rings (SSSR count). The minimum atomic E-state index is -1.15. The lowest BCUT2D eigenvalue weighted by Crippen LogP contribution is -2.37. The highest BCUT2D eigenvalue weighted by Gasteiger charge is 2.38. The molecule has 0 saturated carbocycles. The summed E-state index contributed by atoms with van der Waals surface area (Å²) < 4.78 is 4.80. The number of nitro groups is 1. The zero-order valence-electron chi connectivity index (χ0n) is 11.6. The molecule has 0 bridgehead atoms. The van der Waals surface area contributed by atoms with Crippen LogP contribution in [0.1, 0.15) is 25.5 Å². The molecule has 0 saturated heterocycles. The summed E-state index contributed by atoms with van der Waals surface area (Å²) in [7, 11) is 1.22. The molecule has 21 heavy (non-hydrogen) atoms. The Morgan fingerprint density at radius 1 is 1.52 bits per heavy atom. The van der Waals surface area contributed by atoms with E-state index < -0.39 is 22.3 Å². The summed E-state index contributed by atoms with van der Waals surface area (Å²) in [6.45, 7) is 3.07. The molecule has 0 amide bonds. The maximum atomic E-state index is 11.7. The number of carbonyl (C=O) groups is 1. The first-order chi connectivity index (χ1) is 9.12. The van der Waals surface area contributed by atoms with E-state index in [1.807, 2.05) is 0 Å². The third-order valence-corrected chi connectivity index (χ3v) is 3.72. The minimum Gasteiger partial charge on any atom is -0.506 e. The van der Waals surface area contributed by atoms with E-state index in [9.17, 15) is 20.0 Å². The van der Waals surface area contributed by atoms with Gasteiger partial charge in [-0.15, -0.1) is 12.4 Å². The van der Waals surface area contributed by atoms with Crippen molar-refractivity contribution in [2.75, 3.05) is 7.11 Å². The molecule has 0 unspecified atom stereocenters. The summed E-state index contributed by atoms with van der Waals surface area (Å²) in [6.07, 6.45) is 0. The fourth-order valence-corrected chi connectivity index (χ4v) is 2.19. The molecule has 0 radical (unpaired) electrons. The summed E-state index contributed by atoms with van der Waals surface area (Å²) in [6, 6.07) is 1.35. The molecule has 118 valence electrons. The van der Waals surface area contributed by atoms with Crippen LogP contribution in [0.15, 0.2) is 16.6 Å². The predicted octanol–water partition coefficient (Wildman–Crippen LogP) is 2.68. The average Bonchev–Trinajstić information content (AvgIpc) is 2.39. The lowest BCUT2D eigenvalue weighted by atomic mass is 9.80. The Kier molecular flexibility index (Phi) is 6.59. The van der Waals surface area contributed by atoms with Crippen LogP contribution in [-0.2, 0) is 9.53 Å². The molecule has 9 heteroatoms. The zero-order chi connectivity index (χ0) is 15.7. The van der Waals surface area contributed by atoms with Crippen LogP contribution >= 0.6 is 28.3 Å². The third-order valence-electron chi connectivity index (χ3n) is 3.11. The van der Waals surface area contributed by atoms with E-state index in [2.05, 4.69) is 20.7 Å². The van der Waals surface area contributed by atoms with Gasteiger partial charge in [-0.3, -0.25) is 14.9 Å². The lowest BCUT2D eigenvalue weighted by Gasteiger charge is -2.29. The van der Waals surface area contributed by atoms with Gasteiger partial charge in [0.15, 0.2) is 0 Å². The fraction of sp³-hybridized carbons (Fsp3) is 0.417. The molecular weight excluding hydrogens is 367 g/mol. The van der Waals surface area contributed by atoms with E-state index in [4.69, 9.17) is 5.73 Å². The van der Waals surface area contributed by atoms with Crippen LogP contribution in [0.3, 0.4) is 0 Å². The number of carbonyl (C=O) groups excluding carboxylic acids is 1. The first-order valence-corrected chi connectivity index (χ1v) is 6.43. The summed E-state index contributed by atoms with van der Waals surface area (Å²) in [5.74, 6) is -0.813. The highest BCUT2D eigenvalue weighted by molar-refractivity contribution is 9.10. The molecule has 0 aliphatic rings. The quantitative estimate of drug-likeness (QED) is 0.469. The second-order valence-corrected chi connectivity index (χ2v) is 5.67. The number of nitrogens with two attached hydrogens (primary N) is 1. The highest BCUT2D eigenvalue weighted by atomic mass is 79.9. The normalized spacial score (nSPS) is 12.2.